The second-order valence-electron chi connectivity index (χ2n) is 5.94. The van der Waals surface area contributed by atoms with Gasteiger partial charge in [0.2, 0.25) is 15.9 Å². The van der Waals surface area contributed by atoms with Crippen molar-refractivity contribution in [3.63, 3.8) is 0 Å². The summed E-state index contributed by atoms with van der Waals surface area (Å²) in [6, 6.07) is 8.77. The molecule has 0 saturated heterocycles. The molecule has 0 atom stereocenters. The lowest BCUT2D eigenvalue weighted by molar-refractivity contribution is 0.0717. The summed E-state index contributed by atoms with van der Waals surface area (Å²) in [5.41, 5.74) is 1.22. The zero-order chi connectivity index (χ0) is 20.6. The van der Waals surface area contributed by atoms with Gasteiger partial charge in [0.25, 0.3) is 0 Å². The Morgan fingerprint density at radius 1 is 1.29 bits per heavy atom. The molecule has 0 aliphatic heterocycles. The van der Waals surface area contributed by atoms with Crippen LogP contribution in [0.3, 0.4) is 0 Å². The molecule has 0 radical (unpaired) electrons. The number of aryl methyl sites for hydroxylation is 1. The summed E-state index contributed by atoms with van der Waals surface area (Å²) in [4.78, 5) is 12.6. The van der Waals surface area contributed by atoms with Gasteiger partial charge in [-0.25, -0.2) is 17.9 Å². The number of methoxy groups -OCH3 is 1. The molecule has 0 amide bonds. The summed E-state index contributed by atoms with van der Waals surface area (Å²) < 4.78 is 37.1. The fourth-order valence-electron chi connectivity index (χ4n) is 2.42. The maximum atomic E-state index is 12.6. The van der Waals surface area contributed by atoms with Crippen LogP contribution in [0.2, 0.25) is 0 Å². The van der Waals surface area contributed by atoms with Gasteiger partial charge in [-0.3, -0.25) is 0 Å². The number of hydrogen-bond acceptors (Lipinski definition) is 7. The van der Waals surface area contributed by atoms with Crippen LogP contribution in [-0.2, 0) is 27.1 Å². The number of aromatic nitrogens is 2. The lowest BCUT2D eigenvalue weighted by atomic mass is 10.1. The maximum Gasteiger partial charge on any atom is 0.345 e. The number of carbonyl (C=O) groups excluding carboxylic acids is 1. The first kappa shape index (κ1) is 22.4. The molecule has 0 aliphatic rings. The van der Waals surface area contributed by atoms with Crippen LogP contribution in [0.25, 0.3) is 0 Å². The number of benzene rings is 1. The normalized spacial score (nSPS) is 11.7. The van der Waals surface area contributed by atoms with E-state index in [2.05, 4.69) is 5.10 Å². The van der Waals surface area contributed by atoms with E-state index in [1.54, 1.807) is 29.1 Å². The van der Waals surface area contributed by atoms with Crippen molar-refractivity contribution in [2.24, 2.45) is 0 Å². The van der Waals surface area contributed by atoms with E-state index >= 15 is 0 Å². The van der Waals surface area contributed by atoms with Gasteiger partial charge in [-0.05, 0) is 18.6 Å². The van der Waals surface area contributed by atoms with Gasteiger partial charge < -0.3 is 9.47 Å². The van der Waals surface area contributed by atoms with Crippen molar-refractivity contribution < 1.29 is 22.7 Å². The predicted octanol–water partition coefficient (Wildman–Crippen LogP) is 2.22. The van der Waals surface area contributed by atoms with Crippen LogP contribution in [0.15, 0.2) is 36.5 Å². The van der Waals surface area contributed by atoms with Gasteiger partial charge in [0, 0.05) is 32.0 Å². The Bertz CT molecular complexity index is 883. The third-order valence-corrected chi connectivity index (χ3v) is 6.34. The van der Waals surface area contributed by atoms with E-state index in [1.165, 1.54) is 29.4 Å². The molecule has 1 aromatic heterocycles. The number of sulfonamides is 1. The van der Waals surface area contributed by atoms with Crippen LogP contribution in [0.4, 0.5) is 0 Å². The Morgan fingerprint density at radius 2 is 2.04 bits per heavy atom. The topological polar surface area (TPSA) is 90.7 Å². The number of carbonyl (C=O) groups is 1. The molecule has 2 aromatic rings. The second kappa shape index (κ2) is 10.6. The SMILES string of the molecule is CCn1nccc1OC(=O)c1ccccc1CSCN(CCOC)S(C)(=O)=O. The lowest BCUT2D eigenvalue weighted by Crippen LogP contribution is -2.32. The minimum absolute atomic E-state index is 0.272. The Labute approximate surface area is 169 Å². The monoisotopic (exact) mass is 427 g/mol. The maximum absolute atomic E-state index is 12.6. The number of ether oxygens (including phenoxy) is 2. The van der Waals surface area contributed by atoms with E-state index in [4.69, 9.17) is 9.47 Å². The first-order valence-electron chi connectivity index (χ1n) is 8.70. The summed E-state index contributed by atoms with van der Waals surface area (Å²) in [7, 11) is -1.80. The smallest absolute Gasteiger partial charge is 0.345 e. The number of thioether (sulfide) groups is 1. The van der Waals surface area contributed by atoms with E-state index in [1.807, 2.05) is 19.1 Å². The van der Waals surface area contributed by atoms with E-state index in [0.717, 1.165) is 5.56 Å². The second-order valence-corrected chi connectivity index (χ2v) is 8.88. The van der Waals surface area contributed by atoms with Crippen LogP contribution in [0.5, 0.6) is 5.88 Å². The fraction of sp³-hybridized carbons (Fsp3) is 0.444. The molecule has 0 fully saturated rings. The minimum Gasteiger partial charge on any atom is -0.404 e. The summed E-state index contributed by atoms with van der Waals surface area (Å²) in [5, 5.41) is 4.08. The zero-order valence-corrected chi connectivity index (χ0v) is 17.8. The average Bonchev–Trinajstić information content (AvgIpc) is 3.10. The van der Waals surface area contributed by atoms with Gasteiger partial charge in [0.15, 0.2) is 0 Å². The van der Waals surface area contributed by atoms with Crippen LogP contribution in [-0.4, -0.2) is 60.9 Å². The lowest BCUT2D eigenvalue weighted by Gasteiger charge is -2.19. The molecule has 28 heavy (non-hydrogen) atoms. The number of hydrogen-bond donors (Lipinski definition) is 0. The quantitative estimate of drug-likeness (QED) is 0.401. The third-order valence-electron chi connectivity index (χ3n) is 3.92. The summed E-state index contributed by atoms with van der Waals surface area (Å²) in [6.45, 7) is 3.11. The Kier molecular flexibility index (Phi) is 8.49. The summed E-state index contributed by atoms with van der Waals surface area (Å²) in [6.07, 6.45) is 2.75. The molecule has 0 N–H and O–H groups in total. The summed E-state index contributed by atoms with van der Waals surface area (Å²) in [5.74, 6) is 0.661. The molecule has 2 rings (SSSR count). The van der Waals surface area contributed by atoms with Crippen LogP contribution in [0, 0.1) is 0 Å². The van der Waals surface area contributed by atoms with Crippen molar-refractivity contribution in [2.75, 3.05) is 32.4 Å². The Balaban J connectivity index is 2.04. The molecular weight excluding hydrogens is 402 g/mol. The minimum atomic E-state index is -3.33. The molecule has 10 heteroatoms. The van der Waals surface area contributed by atoms with Crippen molar-refractivity contribution >= 4 is 27.8 Å². The molecule has 0 saturated carbocycles. The predicted molar refractivity (Wildman–Crippen MR) is 109 cm³/mol. The molecule has 0 unspecified atom stereocenters. The largest absolute Gasteiger partial charge is 0.404 e. The third kappa shape index (κ3) is 6.33. The molecule has 0 bridgehead atoms. The molecule has 154 valence electrons. The van der Waals surface area contributed by atoms with Gasteiger partial charge in [0.1, 0.15) is 0 Å². The highest BCUT2D eigenvalue weighted by molar-refractivity contribution is 7.99. The zero-order valence-electron chi connectivity index (χ0n) is 16.2. The Morgan fingerprint density at radius 3 is 2.71 bits per heavy atom. The van der Waals surface area contributed by atoms with Crippen molar-refractivity contribution in [1.82, 2.24) is 14.1 Å². The fourth-order valence-corrected chi connectivity index (χ4v) is 4.71. The highest BCUT2D eigenvalue weighted by Crippen LogP contribution is 2.20. The van der Waals surface area contributed by atoms with E-state index in [-0.39, 0.29) is 12.4 Å². The van der Waals surface area contributed by atoms with Crippen LogP contribution < -0.4 is 4.74 Å². The number of rotatable bonds is 11. The number of esters is 1. The number of nitrogens with zero attached hydrogens (tertiary/aromatic N) is 3. The first-order chi connectivity index (χ1) is 13.4. The van der Waals surface area contributed by atoms with Crippen LogP contribution in [0.1, 0.15) is 22.8 Å². The van der Waals surface area contributed by atoms with E-state index in [0.29, 0.717) is 30.3 Å². The van der Waals surface area contributed by atoms with Gasteiger partial charge in [-0.1, -0.05) is 18.2 Å². The molecule has 1 heterocycles. The first-order valence-corrected chi connectivity index (χ1v) is 11.7. The van der Waals surface area contributed by atoms with E-state index in [9.17, 15) is 13.2 Å². The van der Waals surface area contributed by atoms with Crippen molar-refractivity contribution in [1.29, 1.82) is 0 Å². The highest BCUT2D eigenvalue weighted by Gasteiger charge is 2.18. The standard InChI is InChI=1S/C18H25N3O5S2/c1-4-21-17(9-10-19-21)26-18(22)16-8-6-5-7-15(16)13-27-14-20(11-12-25-2)28(3,23)24/h5-10H,4,11-14H2,1-3H3. The van der Waals surface area contributed by atoms with Crippen molar-refractivity contribution in [2.45, 2.75) is 19.2 Å². The van der Waals surface area contributed by atoms with Crippen LogP contribution >= 0.6 is 11.8 Å². The summed E-state index contributed by atoms with van der Waals surface area (Å²) >= 11 is 1.40. The van der Waals surface area contributed by atoms with Gasteiger partial charge in [-0.2, -0.15) is 9.40 Å². The van der Waals surface area contributed by atoms with Crippen molar-refractivity contribution in [3.05, 3.63) is 47.7 Å². The van der Waals surface area contributed by atoms with Gasteiger partial charge in [-0.15, -0.1) is 11.8 Å². The average molecular weight is 428 g/mol. The highest BCUT2D eigenvalue weighted by atomic mass is 32.2. The van der Waals surface area contributed by atoms with Gasteiger partial charge >= 0.3 is 5.97 Å². The molecule has 1 aromatic carbocycles. The van der Waals surface area contributed by atoms with E-state index < -0.39 is 16.0 Å². The van der Waals surface area contributed by atoms with Gasteiger partial charge in [0.05, 0.1) is 30.5 Å². The Hall–Kier alpha value is -1.88. The molecule has 0 aliphatic carbocycles. The molecule has 8 nitrogen and oxygen atoms in total. The molecular formula is C18H25N3O5S2. The van der Waals surface area contributed by atoms with Crippen molar-refractivity contribution in [3.8, 4) is 5.88 Å². The molecule has 0 spiro atoms.